The highest BCUT2D eigenvalue weighted by Gasteiger charge is 2.08. The molecule has 0 unspecified atom stereocenters. The number of carbonyl (C=O) groups is 1. The molecular weight excluding hydrogens is 256 g/mol. The predicted octanol–water partition coefficient (Wildman–Crippen LogP) is 2.96. The zero-order valence-electron chi connectivity index (χ0n) is 12.3. The van der Waals surface area contributed by atoms with Crippen molar-refractivity contribution in [2.24, 2.45) is 0 Å². The smallest absolute Gasteiger partial charge is 0.335 e. The maximum absolute atomic E-state index is 11.1. The minimum Gasteiger partial charge on any atom is -0.478 e. The van der Waals surface area contributed by atoms with Crippen LogP contribution in [0.4, 0.5) is 5.82 Å². The molecule has 0 spiro atoms. The highest BCUT2D eigenvalue weighted by molar-refractivity contribution is 5.88. The molecular formula is C15H24N2O3. The van der Waals surface area contributed by atoms with Crippen molar-refractivity contribution in [2.75, 3.05) is 25.1 Å². The second kappa shape index (κ2) is 9.31. The molecule has 0 aromatic carbocycles. The van der Waals surface area contributed by atoms with E-state index in [1.54, 1.807) is 12.1 Å². The van der Waals surface area contributed by atoms with Crippen LogP contribution in [-0.2, 0) is 11.2 Å². The van der Waals surface area contributed by atoms with Gasteiger partial charge in [-0.1, -0.05) is 26.7 Å². The van der Waals surface area contributed by atoms with E-state index in [1.807, 2.05) is 6.92 Å². The maximum Gasteiger partial charge on any atom is 0.335 e. The number of hydrogen-bond donors (Lipinski definition) is 2. The first kappa shape index (κ1) is 16.4. The molecule has 2 N–H and O–H groups in total. The summed E-state index contributed by atoms with van der Waals surface area (Å²) in [5.41, 5.74) is 1.08. The van der Waals surface area contributed by atoms with Gasteiger partial charge in [0.15, 0.2) is 0 Å². The van der Waals surface area contributed by atoms with Crippen molar-refractivity contribution >= 4 is 11.8 Å². The number of aryl methyl sites for hydroxylation is 1. The standard InChI is InChI=1S/C15H24N2O3/c1-3-5-8-20-9-7-16-14-11-12(15(18)19)10-13(17-14)6-4-2/h10-11H,3-9H2,1-2H3,(H,16,17)(H,18,19). The van der Waals surface area contributed by atoms with E-state index < -0.39 is 5.97 Å². The first-order valence-corrected chi connectivity index (χ1v) is 7.23. The van der Waals surface area contributed by atoms with E-state index in [-0.39, 0.29) is 5.56 Å². The third kappa shape index (κ3) is 6.02. The minimum absolute atomic E-state index is 0.276. The molecule has 0 aliphatic carbocycles. The minimum atomic E-state index is -0.924. The van der Waals surface area contributed by atoms with E-state index in [2.05, 4.69) is 17.2 Å². The van der Waals surface area contributed by atoms with Gasteiger partial charge in [0.2, 0.25) is 0 Å². The molecule has 0 aliphatic rings. The van der Waals surface area contributed by atoms with E-state index in [0.717, 1.165) is 38.0 Å². The normalized spacial score (nSPS) is 10.5. The van der Waals surface area contributed by atoms with Crippen LogP contribution in [0.2, 0.25) is 0 Å². The van der Waals surface area contributed by atoms with Gasteiger partial charge in [0.25, 0.3) is 0 Å². The van der Waals surface area contributed by atoms with Crippen molar-refractivity contribution < 1.29 is 14.6 Å². The zero-order valence-corrected chi connectivity index (χ0v) is 12.3. The van der Waals surface area contributed by atoms with E-state index in [1.165, 1.54) is 0 Å². The van der Waals surface area contributed by atoms with Gasteiger partial charge in [-0.25, -0.2) is 9.78 Å². The van der Waals surface area contributed by atoms with Crippen LogP contribution in [0.1, 0.15) is 49.2 Å². The highest BCUT2D eigenvalue weighted by atomic mass is 16.5. The summed E-state index contributed by atoms with van der Waals surface area (Å²) in [7, 11) is 0. The van der Waals surface area contributed by atoms with Crippen LogP contribution in [-0.4, -0.2) is 35.8 Å². The van der Waals surface area contributed by atoms with Gasteiger partial charge in [0.05, 0.1) is 12.2 Å². The molecule has 0 atom stereocenters. The van der Waals surface area contributed by atoms with Crippen molar-refractivity contribution in [3.8, 4) is 0 Å². The maximum atomic E-state index is 11.1. The van der Waals surface area contributed by atoms with Gasteiger partial charge in [0, 0.05) is 18.8 Å². The van der Waals surface area contributed by atoms with Crippen LogP contribution in [0, 0.1) is 0 Å². The number of ether oxygens (including phenoxy) is 1. The molecule has 0 bridgehead atoms. The third-order valence-corrected chi connectivity index (χ3v) is 2.83. The molecule has 0 saturated heterocycles. The fraction of sp³-hybridized carbons (Fsp3) is 0.600. The number of aromatic nitrogens is 1. The summed E-state index contributed by atoms with van der Waals surface area (Å²) >= 11 is 0. The average molecular weight is 280 g/mol. The fourth-order valence-corrected chi connectivity index (χ4v) is 1.79. The lowest BCUT2D eigenvalue weighted by Crippen LogP contribution is -2.12. The SMILES string of the molecule is CCCCOCCNc1cc(C(=O)O)cc(CCC)n1. The lowest BCUT2D eigenvalue weighted by Gasteiger charge is -2.09. The van der Waals surface area contributed by atoms with Gasteiger partial charge in [-0.15, -0.1) is 0 Å². The van der Waals surface area contributed by atoms with Crippen molar-refractivity contribution in [3.05, 3.63) is 23.4 Å². The predicted molar refractivity (Wildman–Crippen MR) is 79.4 cm³/mol. The number of carboxylic acids is 1. The fourth-order valence-electron chi connectivity index (χ4n) is 1.79. The topological polar surface area (TPSA) is 71.5 Å². The van der Waals surface area contributed by atoms with E-state index in [9.17, 15) is 4.79 Å². The number of unbranched alkanes of at least 4 members (excludes halogenated alkanes) is 1. The van der Waals surface area contributed by atoms with Crippen LogP contribution in [0.5, 0.6) is 0 Å². The molecule has 1 aromatic heterocycles. The average Bonchev–Trinajstić information content (AvgIpc) is 2.43. The molecule has 5 heteroatoms. The van der Waals surface area contributed by atoms with Crippen LogP contribution < -0.4 is 5.32 Å². The number of aromatic carboxylic acids is 1. The third-order valence-electron chi connectivity index (χ3n) is 2.83. The number of anilines is 1. The van der Waals surface area contributed by atoms with E-state index in [0.29, 0.717) is 19.0 Å². The Bertz CT molecular complexity index is 422. The van der Waals surface area contributed by atoms with Crippen LogP contribution in [0.25, 0.3) is 0 Å². The Labute approximate surface area is 120 Å². The van der Waals surface area contributed by atoms with Gasteiger partial charge >= 0.3 is 5.97 Å². The number of nitrogens with zero attached hydrogens (tertiary/aromatic N) is 1. The zero-order chi connectivity index (χ0) is 14.8. The summed E-state index contributed by atoms with van der Waals surface area (Å²) in [5, 5.41) is 12.2. The summed E-state index contributed by atoms with van der Waals surface area (Å²) in [4.78, 5) is 15.5. The Morgan fingerprint density at radius 1 is 1.30 bits per heavy atom. The molecule has 5 nitrogen and oxygen atoms in total. The quantitative estimate of drug-likeness (QED) is 0.645. The van der Waals surface area contributed by atoms with Gasteiger partial charge in [-0.3, -0.25) is 0 Å². The Morgan fingerprint density at radius 2 is 2.10 bits per heavy atom. The Hall–Kier alpha value is -1.62. The van der Waals surface area contributed by atoms with Crippen molar-refractivity contribution in [1.29, 1.82) is 0 Å². The van der Waals surface area contributed by atoms with Crippen molar-refractivity contribution in [2.45, 2.75) is 39.5 Å². The van der Waals surface area contributed by atoms with E-state index >= 15 is 0 Å². The number of carboxylic acid groups (broad SMARTS) is 1. The summed E-state index contributed by atoms with van der Waals surface area (Å²) in [6.07, 6.45) is 3.90. The second-order valence-corrected chi connectivity index (χ2v) is 4.68. The largest absolute Gasteiger partial charge is 0.478 e. The summed E-state index contributed by atoms with van der Waals surface area (Å²) < 4.78 is 5.44. The second-order valence-electron chi connectivity index (χ2n) is 4.68. The molecule has 0 amide bonds. The summed E-state index contributed by atoms with van der Waals surface area (Å²) in [5.74, 6) is -0.320. The van der Waals surface area contributed by atoms with Gasteiger partial charge in [-0.2, -0.15) is 0 Å². The highest BCUT2D eigenvalue weighted by Crippen LogP contribution is 2.12. The molecule has 20 heavy (non-hydrogen) atoms. The molecule has 1 heterocycles. The lowest BCUT2D eigenvalue weighted by atomic mass is 10.1. The van der Waals surface area contributed by atoms with Crippen LogP contribution in [0.3, 0.4) is 0 Å². The Kier molecular flexibility index (Phi) is 7.65. The molecule has 112 valence electrons. The number of nitrogens with one attached hydrogen (secondary N) is 1. The molecule has 0 fully saturated rings. The van der Waals surface area contributed by atoms with Gasteiger partial charge in [0.1, 0.15) is 5.82 Å². The number of rotatable bonds is 10. The first-order valence-electron chi connectivity index (χ1n) is 7.23. The molecule has 0 saturated carbocycles. The molecule has 0 radical (unpaired) electrons. The monoisotopic (exact) mass is 280 g/mol. The number of pyridine rings is 1. The van der Waals surface area contributed by atoms with Crippen LogP contribution in [0.15, 0.2) is 12.1 Å². The van der Waals surface area contributed by atoms with Crippen molar-refractivity contribution in [3.63, 3.8) is 0 Å². The lowest BCUT2D eigenvalue weighted by molar-refractivity contribution is 0.0696. The van der Waals surface area contributed by atoms with E-state index in [4.69, 9.17) is 9.84 Å². The van der Waals surface area contributed by atoms with Crippen molar-refractivity contribution in [1.82, 2.24) is 4.98 Å². The molecule has 1 rings (SSSR count). The first-order chi connectivity index (χ1) is 9.67. The molecule has 0 aliphatic heterocycles. The van der Waals surface area contributed by atoms with Gasteiger partial charge < -0.3 is 15.2 Å². The van der Waals surface area contributed by atoms with Gasteiger partial charge in [-0.05, 0) is 25.0 Å². The Morgan fingerprint density at radius 3 is 2.75 bits per heavy atom. The Balaban J connectivity index is 2.53. The molecule has 1 aromatic rings. The summed E-state index contributed by atoms with van der Waals surface area (Å²) in [6, 6.07) is 3.20. The van der Waals surface area contributed by atoms with Crippen LogP contribution >= 0.6 is 0 Å². The number of hydrogen-bond acceptors (Lipinski definition) is 4. The summed E-state index contributed by atoms with van der Waals surface area (Å²) in [6.45, 7) is 6.16.